The van der Waals surface area contributed by atoms with Gasteiger partial charge in [0.1, 0.15) is 11.6 Å². The summed E-state index contributed by atoms with van der Waals surface area (Å²) in [5, 5.41) is 17.1. The predicted octanol–water partition coefficient (Wildman–Crippen LogP) is 3.67. The summed E-state index contributed by atoms with van der Waals surface area (Å²) in [6.45, 7) is 2.20. The highest BCUT2D eigenvalue weighted by Gasteiger charge is 2.44. The zero-order chi connectivity index (χ0) is 23.4. The van der Waals surface area contributed by atoms with Crippen LogP contribution in [0.15, 0.2) is 54.6 Å². The molecule has 1 fully saturated rings. The Morgan fingerprint density at radius 3 is 2.58 bits per heavy atom. The Labute approximate surface area is 192 Å². The molecule has 1 saturated carbocycles. The zero-order valence-electron chi connectivity index (χ0n) is 18.7. The number of carbonyl (C=O) groups is 1. The molecule has 0 bridgehead atoms. The molecule has 1 aliphatic carbocycles. The standard InChI is InChI=1S/C26H30F2N2O3/c1-17(31)30-23(13-18-11-21(27)15-22(28)12-18)24(32)16-29-26(8-9-26)20-6-4-5-19(14-20)25-7-2-3-10-33-25/h2-6,11-12,14-15,23-25,29,32H,7-10,13,16H2,1H3,(H,30,31). The molecule has 1 amide bonds. The summed E-state index contributed by atoms with van der Waals surface area (Å²) in [5.41, 5.74) is 2.43. The number of aliphatic hydroxyl groups is 1. The van der Waals surface area contributed by atoms with E-state index in [1.807, 2.05) is 12.1 Å². The van der Waals surface area contributed by atoms with Gasteiger partial charge in [0.25, 0.3) is 0 Å². The number of benzene rings is 2. The molecule has 2 aromatic rings. The number of hydrogen-bond acceptors (Lipinski definition) is 4. The van der Waals surface area contributed by atoms with Crippen molar-refractivity contribution in [2.24, 2.45) is 0 Å². The molecule has 1 heterocycles. The van der Waals surface area contributed by atoms with Crippen LogP contribution in [0.1, 0.15) is 49.0 Å². The summed E-state index contributed by atoms with van der Waals surface area (Å²) in [6, 6.07) is 10.9. The minimum atomic E-state index is -0.937. The maximum atomic E-state index is 13.6. The maximum Gasteiger partial charge on any atom is 0.217 e. The highest BCUT2D eigenvalue weighted by atomic mass is 19.1. The van der Waals surface area contributed by atoms with Crippen molar-refractivity contribution < 1.29 is 23.4 Å². The molecule has 2 aliphatic rings. The Morgan fingerprint density at radius 1 is 1.18 bits per heavy atom. The Balaban J connectivity index is 1.43. The number of rotatable bonds is 9. The lowest BCUT2D eigenvalue weighted by molar-refractivity contribution is -0.120. The minimum Gasteiger partial charge on any atom is -0.390 e. The summed E-state index contributed by atoms with van der Waals surface area (Å²) >= 11 is 0. The van der Waals surface area contributed by atoms with Gasteiger partial charge in [-0.05, 0) is 54.5 Å². The first kappa shape index (κ1) is 23.5. The summed E-state index contributed by atoms with van der Waals surface area (Å²) in [6.07, 6.45) is 6.11. The van der Waals surface area contributed by atoms with Gasteiger partial charge >= 0.3 is 0 Å². The molecule has 0 aromatic heterocycles. The van der Waals surface area contributed by atoms with Crippen molar-refractivity contribution in [3.63, 3.8) is 0 Å². The van der Waals surface area contributed by atoms with Crippen molar-refractivity contribution in [2.45, 2.75) is 56.4 Å². The lowest BCUT2D eigenvalue weighted by Crippen LogP contribution is -2.49. The van der Waals surface area contributed by atoms with Crippen molar-refractivity contribution in [1.82, 2.24) is 10.6 Å². The Kier molecular flexibility index (Phi) is 7.22. The van der Waals surface area contributed by atoms with Crippen molar-refractivity contribution in [2.75, 3.05) is 13.2 Å². The minimum absolute atomic E-state index is 0.0483. The predicted molar refractivity (Wildman–Crippen MR) is 121 cm³/mol. The van der Waals surface area contributed by atoms with Crippen molar-refractivity contribution in [1.29, 1.82) is 0 Å². The Morgan fingerprint density at radius 2 is 1.94 bits per heavy atom. The van der Waals surface area contributed by atoms with E-state index in [1.54, 1.807) is 0 Å². The second-order valence-corrected chi connectivity index (χ2v) is 8.97. The number of nitrogens with one attached hydrogen (secondary N) is 2. The first-order valence-corrected chi connectivity index (χ1v) is 11.4. The molecule has 0 radical (unpaired) electrons. The van der Waals surface area contributed by atoms with Gasteiger partial charge in [-0.2, -0.15) is 0 Å². The van der Waals surface area contributed by atoms with Crippen LogP contribution in [0, 0.1) is 11.6 Å². The highest BCUT2D eigenvalue weighted by molar-refractivity contribution is 5.73. The molecule has 33 heavy (non-hydrogen) atoms. The number of ether oxygens (including phenoxy) is 1. The van der Waals surface area contributed by atoms with E-state index in [0.29, 0.717) is 12.2 Å². The largest absolute Gasteiger partial charge is 0.390 e. The van der Waals surface area contributed by atoms with Gasteiger partial charge in [0, 0.05) is 25.1 Å². The molecule has 176 valence electrons. The van der Waals surface area contributed by atoms with E-state index in [-0.39, 0.29) is 30.5 Å². The van der Waals surface area contributed by atoms with Gasteiger partial charge in [-0.25, -0.2) is 8.78 Å². The highest BCUT2D eigenvalue weighted by Crippen LogP contribution is 2.46. The third-order valence-electron chi connectivity index (χ3n) is 6.35. The normalized spacial score (nSPS) is 20.8. The lowest BCUT2D eigenvalue weighted by Gasteiger charge is -2.27. The molecule has 1 aliphatic heterocycles. The molecule has 7 heteroatoms. The number of aliphatic hydroxyl groups excluding tert-OH is 1. The molecular weight excluding hydrogens is 426 g/mol. The first-order valence-electron chi connectivity index (χ1n) is 11.4. The van der Waals surface area contributed by atoms with Crippen molar-refractivity contribution in [3.8, 4) is 0 Å². The molecular formula is C26H30F2N2O3. The monoisotopic (exact) mass is 456 g/mol. The first-order chi connectivity index (χ1) is 15.8. The molecule has 0 spiro atoms. The van der Waals surface area contributed by atoms with Gasteiger partial charge in [0.05, 0.1) is 24.9 Å². The van der Waals surface area contributed by atoms with Gasteiger partial charge in [0.15, 0.2) is 0 Å². The topological polar surface area (TPSA) is 70.6 Å². The van der Waals surface area contributed by atoms with Crippen LogP contribution in [0.2, 0.25) is 0 Å². The summed E-state index contributed by atoms with van der Waals surface area (Å²) < 4.78 is 33.0. The summed E-state index contributed by atoms with van der Waals surface area (Å²) in [7, 11) is 0. The van der Waals surface area contributed by atoms with Crippen LogP contribution in [-0.2, 0) is 21.5 Å². The van der Waals surface area contributed by atoms with Gasteiger partial charge in [-0.1, -0.05) is 36.4 Å². The molecule has 4 rings (SSSR count). The van der Waals surface area contributed by atoms with Gasteiger partial charge in [-0.15, -0.1) is 0 Å². The second kappa shape index (κ2) is 10.1. The van der Waals surface area contributed by atoms with Crippen LogP contribution in [-0.4, -0.2) is 36.3 Å². The quantitative estimate of drug-likeness (QED) is 0.504. The molecule has 0 saturated heterocycles. The molecule has 3 atom stereocenters. The lowest BCUT2D eigenvalue weighted by atomic mass is 9.96. The van der Waals surface area contributed by atoms with Crippen LogP contribution in [0.3, 0.4) is 0 Å². The fraction of sp³-hybridized carbons (Fsp3) is 0.423. The molecule has 2 aromatic carbocycles. The van der Waals surface area contributed by atoms with Crippen LogP contribution < -0.4 is 10.6 Å². The number of carbonyl (C=O) groups excluding carboxylic acids is 1. The number of amides is 1. The van der Waals surface area contributed by atoms with E-state index < -0.39 is 23.8 Å². The third kappa shape index (κ3) is 6.05. The fourth-order valence-electron chi connectivity index (χ4n) is 4.46. The van der Waals surface area contributed by atoms with Crippen molar-refractivity contribution >= 4 is 5.91 Å². The summed E-state index contributed by atoms with van der Waals surface area (Å²) in [4.78, 5) is 11.7. The van der Waals surface area contributed by atoms with E-state index in [1.165, 1.54) is 19.1 Å². The fourth-order valence-corrected chi connectivity index (χ4v) is 4.46. The van der Waals surface area contributed by atoms with E-state index in [9.17, 15) is 18.7 Å². The number of hydrogen-bond donors (Lipinski definition) is 3. The van der Waals surface area contributed by atoms with E-state index in [0.717, 1.165) is 36.5 Å². The van der Waals surface area contributed by atoms with Gasteiger partial charge in [0.2, 0.25) is 5.91 Å². The Hall–Kier alpha value is -2.61. The van der Waals surface area contributed by atoms with Crippen LogP contribution >= 0.6 is 0 Å². The SMILES string of the molecule is CC(=O)NC(Cc1cc(F)cc(F)c1)C(O)CNC1(c2cccc(C3CC=CCO3)c2)CC1. The molecule has 3 unspecified atom stereocenters. The Bertz CT molecular complexity index is 1000. The van der Waals surface area contributed by atoms with Crippen molar-refractivity contribution in [3.05, 3.63) is 82.9 Å². The van der Waals surface area contributed by atoms with Crippen LogP contribution in [0.5, 0.6) is 0 Å². The second-order valence-electron chi connectivity index (χ2n) is 8.97. The molecule has 5 nitrogen and oxygen atoms in total. The average molecular weight is 457 g/mol. The summed E-state index contributed by atoms with van der Waals surface area (Å²) in [5.74, 6) is -1.69. The van der Waals surface area contributed by atoms with Gasteiger partial charge < -0.3 is 20.5 Å². The van der Waals surface area contributed by atoms with E-state index in [2.05, 4.69) is 34.9 Å². The van der Waals surface area contributed by atoms with Crippen LogP contribution in [0.4, 0.5) is 8.78 Å². The maximum absolute atomic E-state index is 13.6. The van der Waals surface area contributed by atoms with E-state index >= 15 is 0 Å². The van der Waals surface area contributed by atoms with Crippen LogP contribution in [0.25, 0.3) is 0 Å². The average Bonchev–Trinajstić information content (AvgIpc) is 3.58. The third-order valence-corrected chi connectivity index (χ3v) is 6.35. The van der Waals surface area contributed by atoms with E-state index in [4.69, 9.17) is 4.74 Å². The van der Waals surface area contributed by atoms with Gasteiger partial charge in [-0.3, -0.25) is 4.79 Å². The zero-order valence-corrected chi connectivity index (χ0v) is 18.7. The number of halogens is 2. The smallest absolute Gasteiger partial charge is 0.217 e. The molecule has 3 N–H and O–H groups in total.